The smallest absolute Gasteiger partial charge is 0.434 e. The van der Waals surface area contributed by atoms with E-state index in [1.807, 2.05) is 45.0 Å². The lowest BCUT2D eigenvalue weighted by Gasteiger charge is -2.29. The lowest BCUT2D eigenvalue weighted by atomic mass is 9.77. The molecule has 11 nitrogen and oxygen atoms in total. The van der Waals surface area contributed by atoms with Crippen molar-refractivity contribution in [2.45, 2.75) is 91.3 Å². The Morgan fingerprint density at radius 3 is 2.10 bits per heavy atom. The van der Waals surface area contributed by atoms with Crippen LogP contribution in [0.3, 0.4) is 0 Å². The molecular weight excluding hydrogens is 692 g/mol. The molecule has 1 aliphatic carbocycles. The van der Waals surface area contributed by atoms with Gasteiger partial charge in [0.25, 0.3) is 5.56 Å². The quantitative estimate of drug-likeness (QED) is 0.195. The highest BCUT2D eigenvalue weighted by molar-refractivity contribution is 9.10. The Labute approximate surface area is 295 Å². The fourth-order valence-corrected chi connectivity index (χ4v) is 6.09. The van der Waals surface area contributed by atoms with Gasteiger partial charge in [0.1, 0.15) is 17.0 Å². The van der Waals surface area contributed by atoms with Crippen LogP contribution in [0.2, 0.25) is 0 Å². The van der Waals surface area contributed by atoms with Gasteiger partial charge in [-0.3, -0.25) is 19.5 Å². The van der Waals surface area contributed by atoms with E-state index in [2.05, 4.69) is 31.7 Å². The summed E-state index contributed by atoms with van der Waals surface area (Å²) in [4.78, 5) is 64.2. The van der Waals surface area contributed by atoms with E-state index in [9.17, 15) is 24.0 Å². The molecule has 264 valence electrons. The van der Waals surface area contributed by atoms with Gasteiger partial charge in [-0.25, -0.2) is 9.59 Å². The number of carbonyl (C=O) groups excluding carboxylic acids is 4. The second-order valence-electron chi connectivity index (χ2n) is 14.7. The number of halogens is 1. The van der Waals surface area contributed by atoms with Crippen LogP contribution in [0.25, 0.3) is 11.3 Å². The Balaban J connectivity index is 1.41. The molecular formula is C37H47BrN4O7. The molecule has 12 heteroatoms. The Hall–Kier alpha value is -4.19. The maximum Gasteiger partial charge on any atom is 0.434 e. The number of carbonyl (C=O) groups is 4. The number of Topliss-reactive ketones (excluding diaryl/α,β-unsaturated/α-hetero) is 1. The SMILES string of the molecule is CC(C)(C)OC(=O)NCC1CCC(C(=O)C[C@@H](Cc2ccc(Br)cc2)C(=O)Nc2ccc(-c3cc(=O)[nH]n3C(=O)OC(C)(C)C)cc2)CC1. The number of anilines is 1. The number of H-pyrrole nitrogens is 1. The van der Waals surface area contributed by atoms with Crippen molar-refractivity contribution >= 4 is 45.5 Å². The van der Waals surface area contributed by atoms with Gasteiger partial charge in [-0.2, -0.15) is 4.68 Å². The third kappa shape index (κ3) is 11.7. The average molecular weight is 740 g/mol. The number of rotatable bonds is 10. The molecule has 1 aliphatic rings. The molecule has 0 bridgehead atoms. The molecule has 0 spiro atoms. The summed E-state index contributed by atoms with van der Waals surface area (Å²) in [5.41, 5.74) is 0.584. The highest BCUT2D eigenvalue weighted by atomic mass is 79.9. The Kier molecular flexibility index (Phi) is 12.3. The zero-order valence-corrected chi connectivity index (χ0v) is 30.6. The van der Waals surface area contributed by atoms with Crippen LogP contribution in [0.1, 0.15) is 79.2 Å². The number of alkyl carbamates (subject to hydrolysis) is 1. The van der Waals surface area contributed by atoms with E-state index in [4.69, 9.17) is 9.47 Å². The minimum Gasteiger partial charge on any atom is -0.444 e. The fraction of sp³-hybridized carbons (Fsp3) is 0.486. The molecule has 0 aliphatic heterocycles. The first kappa shape index (κ1) is 37.6. The molecule has 1 aromatic heterocycles. The number of hydrogen-bond donors (Lipinski definition) is 3. The van der Waals surface area contributed by atoms with Crippen LogP contribution in [-0.2, 0) is 25.5 Å². The molecule has 4 rings (SSSR count). The van der Waals surface area contributed by atoms with Crippen molar-refractivity contribution in [3.05, 3.63) is 75.0 Å². The highest BCUT2D eigenvalue weighted by Crippen LogP contribution is 2.32. The molecule has 3 N–H and O–H groups in total. The van der Waals surface area contributed by atoms with Crippen molar-refractivity contribution in [2.24, 2.45) is 17.8 Å². The van der Waals surface area contributed by atoms with Gasteiger partial charge >= 0.3 is 12.2 Å². The molecule has 2 aromatic carbocycles. The van der Waals surface area contributed by atoms with Crippen LogP contribution in [0, 0.1) is 17.8 Å². The van der Waals surface area contributed by atoms with Gasteiger partial charge in [-0.15, -0.1) is 0 Å². The van der Waals surface area contributed by atoms with Crippen molar-refractivity contribution in [3.63, 3.8) is 0 Å². The molecule has 1 heterocycles. The van der Waals surface area contributed by atoms with Crippen LogP contribution in [0.15, 0.2) is 63.9 Å². The van der Waals surface area contributed by atoms with E-state index in [-0.39, 0.29) is 29.9 Å². The van der Waals surface area contributed by atoms with Gasteiger partial charge in [-0.1, -0.05) is 40.2 Å². The lowest BCUT2D eigenvalue weighted by Crippen LogP contribution is -2.37. The maximum absolute atomic E-state index is 13.7. The van der Waals surface area contributed by atoms with Crippen LogP contribution in [-0.4, -0.2) is 51.4 Å². The van der Waals surface area contributed by atoms with E-state index < -0.39 is 34.9 Å². The molecule has 1 saturated carbocycles. The number of aromatic amines is 1. The van der Waals surface area contributed by atoms with E-state index in [0.29, 0.717) is 42.8 Å². The second-order valence-corrected chi connectivity index (χ2v) is 15.6. The fourth-order valence-electron chi connectivity index (χ4n) is 5.83. The van der Waals surface area contributed by atoms with Crippen LogP contribution in [0.4, 0.5) is 15.3 Å². The van der Waals surface area contributed by atoms with Crippen molar-refractivity contribution in [1.29, 1.82) is 0 Å². The van der Waals surface area contributed by atoms with Gasteiger partial charge in [0.2, 0.25) is 5.91 Å². The monoisotopic (exact) mass is 738 g/mol. The van der Waals surface area contributed by atoms with Crippen LogP contribution >= 0.6 is 15.9 Å². The first-order chi connectivity index (χ1) is 23.0. The van der Waals surface area contributed by atoms with Gasteiger partial charge < -0.3 is 20.1 Å². The van der Waals surface area contributed by atoms with Crippen LogP contribution in [0.5, 0.6) is 0 Å². The number of ketones is 1. The Morgan fingerprint density at radius 2 is 1.51 bits per heavy atom. The number of aromatic nitrogens is 2. The van der Waals surface area contributed by atoms with E-state index >= 15 is 0 Å². The molecule has 2 amide bonds. The molecule has 49 heavy (non-hydrogen) atoms. The summed E-state index contributed by atoms with van der Waals surface area (Å²) in [6.07, 6.45) is 2.39. The summed E-state index contributed by atoms with van der Waals surface area (Å²) in [5.74, 6) is -0.667. The Morgan fingerprint density at radius 1 is 0.898 bits per heavy atom. The molecule has 3 aromatic rings. The zero-order valence-electron chi connectivity index (χ0n) is 29.1. The van der Waals surface area contributed by atoms with Crippen molar-refractivity contribution in [2.75, 3.05) is 11.9 Å². The van der Waals surface area contributed by atoms with Gasteiger partial charge in [0.05, 0.1) is 5.69 Å². The third-order valence-corrected chi connectivity index (χ3v) is 8.73. The molecule has 1 atom stereocenters. The lowest BCUT2D eigenvalue weighted by molar-refractivity contribution is -0.129. The maximum atomic E-state index is 13.7. The van der Waals surface area contributed by atoms with Gasteiger partial charge in [-0.05, 0) is 109 Å². The molecule has 0 unspecified atom stereocenters. The first-order valence-corrected chi connectivity index (χ1v) is 17.5. The third-order valence-electron chi connectivity index (χ3n) is 8.20. The standard InChI is InChI=1S/C37H47BrN4O7/c1-36(2,3)48-34(46)39-22-24-7-11-26(12-8-24)31(43)20-27(19-23-9-15-28(38)16-10-23)33(45)40-29-17-13-25(14-18-29)30-21-32(44)41-42(30)35(47)49-37(4,5)6/h9-10,13-18,21,24,26-27H,7-8,11-12,19-20,22H2,1-6H3,(H,39,46)(H,40,45)(H,41,44)/t24?,26?,27-/m1/s1. The molecule has 1 fully saturated rings. The first-order valence-electron chi connectivity index (χ1n) is 16.7. The van der Waals surface area contributed by atoms with Crippen LogP contribution < -0.4 is 16.2 Å². The molecule has 0 saturated heterocycles. The molecule has 0 radical (unpaired) electrons. The number of ether oxygens (including phenoxy) is 2. The summed E-state index contributed by atoms with van der Waals surface area (Å²) < 4.78 is 12.7. The van der Waals surface area contributed by atoms with Crippen molar-refractivity contribution < 1.29 is 28.7 Å². The number of nitrogens with zero attached hydrogens (tertiary/aromatic N) is 1. The summed E-state index contributed by atoms with van der Waals surface area (Å²) in [7, 11) is 0. The minimum absolute atomic E-state index is 0.0683. The number of benzene rings is 2. The topological polar surface area (TPSA) is 149 Å². The minimum atomic E-state index is -0.752. The zero-order chi connectivity index (χ0) is 35.9. The second kappa shape index (κ2) is 16.0. The normalized spacial score (nSPS) is 17.1. The number of nitrogens with one attached hydrogen (secondary N) is 3. The highest BCUT2D eigenvalue weighted by Gasteiger charge is 2.31. The summed E-state index contributed by atoms with van der Waals surface area (Å²) in [6, 6.07) is 15.8. The number of amides is 2. The average Bonchev–Trinajstić information content (AvgIpc) is 3.41. The van der Waals surface area contributed by atoms with Gasteiger partial charge in [0, 0.05) is 46.6 Å². The predicted molar refractivity (Wildman–Crippen MR) is 191 cm³/mol. The largest absolute Gasteiger partial charge is 0.444 e. The number of hydrogen-bond acceptors (Lipinski definition) is 7. The van der Waals surface area contributed by atoms with Crippen molar-refractivity contribution in [3.8, 4) is 11.3 Å². The van der Waals surface area contributed by atoms with E-state index in [0.717, 1.165) is 27.6 Å². The van der Waals surface area contributed by atoms with Crippen molar-refractivity contribution in [1.82, 2.24) is 15.1 Å². The summed E-state index contributed by atoms with van der Waals surface area (Å²) in [5, 5.41) is 8.29. The summed E-state index contributed by atoms with van der Waals surface area (Å²) >= 11 is 3.45. The van der Waals surface area contributed by atoms with E-state index in [1.54, 1.807) is 45.0 Å². The van der Waals surface area contributed by atoms with E-state index in [1.165, 1.54) is 6.07 Å². The predicted octanol–water partition coefficient (Wildman–Crippen LogP) is 7.48. The summed E-state index contributed by atoms with van der Waals surface area (Å²) in [6.45, 7) is 11.2. The Bertz CT molecular complexity index is 1670. The van der Waals surface area contributed by atoms with Gasteiger partial charge in [0.15, 0.2) is 0 Å².